The SMILES string of the molecule is Cc1cccc(C)c1CN(C)C1CCNCC1.Cl. The largest absolute Gasteiger partial charge is 0.317 e. The molecule has 0 spiro atoms. The lowest BCUT2D eigenvalue weighted by Crippen LogP contribution is -2.40. The van der Waals surface area contributed by atoms with Gasteiger partial charge in [-0.15, -0.1) is 12.4 Å². The Bertz CT molecular complexity index is 353. The smallest absolute Gasteiger partial charge is 0.0238 e. The molecule has 3 heteroatoms. The third-order valence-corrected chi connectivity index (χ3v) is 3.98. The maximum Gasteiger partial charge on any atom is 0.0238 e. The van der Waals surface area contributed by atoms with Crippen molar-refractivity contribution in [2.75, 3.05) is 20.1 Å². The summed E-state index contributed by atoms with van der Waals surface area (Å²) in [7, 11) is 2.27. The van der Waals surface area contributed by atoms with Gasteiger partial charge in [0.1, 0.15) is 0 Å². The summed E-state index contributed by atoms with van der Waals surface area (Å²) in [5.74, 6) is 0. The van der Waals surface area contributed by atoms with Gasteiger partial charge < -0.3 is 5.32 Å². The summed E-state index contributed by atoms with van der Waals surface area (Å²) in [5.41, 5.74) is 4.35. The standard InChI is InChI=1S/C15H24N2.ClH/c1-12-5-4-6-13(2)15(12)11-17(3)14-7-9-16-10-8-14;/h4-6,14,16H,7-11H2,1-3H3;1H. The Morgan fingerprint density at radius 1 is 1.17 bits per heavy atom. The molecule has 0 radical (unpaired) electrons. The van der Waals surface area contributed by atoms with E-state index in [9.17, 15) is 0 Å². The molecular weight excluding hydrogens is 244 g/mol. The number of halogens is 1. The number of rotatable bonds is 3. The van der Waals surface area contributed by atoms with E-state index in [0.717, 1.165) is 12.6 Å². The van der Waals surface area contributed by atoms with Crippen molar-refractivity contribution in [1.29, 1.82) is 0 Å². The summed E-state index contributed by atoms with van der Waals surface area (Å²) in [4.78, 5) is 2.52. The summed E-state index contributed by atoms with van der Waals surface area (Å²) in [5, 5.41) is 3.43. The van der Waals surface area contributed by atoms with Gasteiger partial charge in [-0.2, -0.15) is 0 Å². The van der Waals surface area contributed by atoms with Crippen LogP contribution < -0.4 is 5.32 Å². The first-order valence-corrected chi connectivity index (χ1v) is 6.64. The highest BCUT2D eigenvalue weighted by molar-refractivity contribution is 5.85. The van der Waals surface area contributed by atoms with Crippen LogP contribution in [0.25, 0.3) is 0 Å². The summed E-state index contributed by atoms with van der Waals surface area (Å²) >= 11 is 0. The van der Waals surface area contributed by atoms with E-state index in [2.05, 4.69) is 49.3 Å². The molecule has 1 aliphatic rings. The fourth-order valence-corrected chi connectivity index (χ4v) is 2.72. The second kappa shape index (κ2) is 7.13. The van der Waals surface area contributed by atoms with Gasteiger partial charge in [-0.05, 0) is 63.5 Å². The Hall–Kier alpha value is -0.570. The average Bonchev–Trinajstić information content (AvgIpc) is 2.35. The van der Waals surface area contributed by atoms with Crippen LogP contribution in [-0.2, 0) is 6.54 Å². The molecule has 2 nitrogen and oxygen atoms in total. The lowest BCUT2D eigenvalue weighted by Gasteiger charge is -2.32. The zero-order valence-corrected chi connectivity index (χ0v) is 12.5. The van der Waals surface area contributed by atoms with Gasteiger partial charge in [-0.3, -0.25) is 4.90 Å². The minimum atomic E-state index is 0. The first-order chi connectivity index (χ1) is 8.18. The van der Waals surface area contributed by atoms with Crippen LogP contribution >= 0.6 is 12.4 Å². The molecule has 0 bridgehead atoms. The Kier molecular flexibility index (Phi) is 6.13. The van der Waals surface area contributed by atoms with Gasteiger partial charge in [-0.1, -0.05) is 18.2 Å². The van der Waals surface area contributed by atoms with Crippen molar-refractivity contribution >= 4 is 12.4 Å². The predicted molar refractivity (Wildman–Crippen MR) is 80.5 cm³/mol. The number of benzene rings is 1. The summed E-state index contributed by atoms with van der Waals surface area (Å²) in [6, 6.07) is 7.34. The number of hydrogen-bond acceptors (Lipinski definition) is 2. The first kappa shape index (κ1) is 15.5. The molecule has 0 saturated carbocycles. The lowest BCUT2D eigenvalue weighted by atomic mass is 10.00. The van der Waals surface area contributed by atoms with Gasteiger partial charge in [0, 0.05) is 12.6 Å². The van der Waals surface area contributed by atoms with E-state index in [0.29, 0.717) is 0 Å². The number of aryl methyl sites for hydroxylation is 2. The van der Waals surface area contributed by atoms with Gasteiger partial charge in [-0.25, -0.2) is 0 Å². The predicted octanol–water partition coefficient (Wildman–Crippen LogP) is 2.91. The maximum absolute atomic E-state index is 3.43. The quantitative estimate of drug-likeness (QED) is 0.907. The van der Waals surface area contributed by atoms with Gasteiger partial charge in [0.05, 0.1) is 0 Å². The van der Waals surface area contributed by atoms with Crippen LogP contribution in [0.2, 0.25) is 0 Å². The van der Waals surface area contributed by atoms with E-state index in [1.807, 2.05) is 0 Å². The highest BCUT2D eigenvalue weighted by atomic mass is 35.5. The highest BCUT2D eigenvalue weighted by Gasteiger charge is 2.18. The zero-order valence-electron chi connectivity index (χ0n) is 11.7. The molecule has 0 atom stereocenters. The van der Waals surface area contributed by atoms with Gasteiger partial charge in [0.25, 0.3) is 0 Å². The Balaban J connectivity index is 0.00000162. The minimum absolute atomic E-state index is 0. The molecule has 0 aliphatic carbocycles. The van der Waals surface area contributed by atoms with E-state index in [4.69, 9.17) is 0 Å². The molecule has 1 N–H and O–H groups in total. The molecule has 1 aliphatic heterocycles. The second-order valence-electron chi connectivity index (χ2n) is 5.27. The monoisotopic (exact) mass is 268 g/mol. The topological polar surface area (TPSA) is 15.3 Å². The van der Waals surface area contributed by atoms with Crippen molar-refractivity contribution < 1.29 is 0 Å². The molecule has 0 aromatic heterocycles. The van der Waals surface area contributed by atoms with Gasteiger partial charge in [0.15, 0.2) is 0 Å². The molecule has 1 heterocycles. The molecule has 0 unspecified atom stereocenters. The third kappa shape index (κ3) is 3.71. The van der Waals surface area contributed by atoms with Crippen molar-refractivity contribution in [2.45, 2.75) is 39.3 Å². The molecule has 1 aromatic carbocycles. The fourth-order valence-electron chi connectivity index (χ4n) is 2.72. The van der Waals surface area contributed by atoms with Crippen LogP contribution in [0, 0.1) is 13.8 Å². The van der Waals surface area contributed by atoms with Crippen LogP contribution in [0.5, 0.6) is 0 Å². The van der Waals surface area contributed by atoms with Gasteiger partial charge >= 0.3 is 0 Å². The van der Waals surface area contributed by atoms with Crippen LogP contribution in [-0.4, -0.2) is 31.1 Å². The first-order valence-electron chi connectivity index (χ1n) is 6.64. The molecule has 1 saturated heterocycles. The highest BCUT2D eigenvalue weighted by Crippen LogP contribution is 2.18. The number of piperidine rings is 1. The Morgan fingerprint density at radius 2 is 1.72 bits per heavy atom. The van der Waals surface area contributed by atoms with E-state index >= 15 is 0 Å². The van der Waals surface area contributed by atoms with E-state index in [1.54, 1.807) is 0 Å². The van der Waals surface area contributed by atoms with Crippen molar-refractivity contribution in [3.8, 4) is 0 Å². The average molecular weight is 269 g/mol. The molecule has 2 rings (SSSR count). The van der Waals surface area contributed by atoms with Crippen LogP contribution in [0.3, 0.4) is 0 Å². The third-order valence-electron chi connectivity index (χ3n) is 3.98. The minimum Gasteiger partial charge on any atom is -0.317 e. The van der Waals surface area contributed by atoms with E-state index < -0.39 is 0 Å². The fraction of sp³-hybridized carbons (Fsp3) is 0.600. The lowest BCUT2D eigenvalue weighted by molar-refractivity contribution is 0.191. The van der Waals surface area contributed by atoms with E-state index in [-0.39, 0.29) is 12.4 Å². The van der Waals surface area contributed by atoms with E-state index in [1.165, 1.54) is 42.6 Å². The molecule has 18 heavy (non-hydrogen) atoms. The molecule has 1 aromatic rings. The molecule has 1 fully saturated rings. The number of nitrogens with one attached hydrogen (secondary N) is 1. The van der Waals surface area contributed by atoms with Crippen molar-refractivity contribution in [3.63, 3.8) is 0 Å². The summed E-state index contributed by atoms with van der Waals surface area (Å²) < 4.78 is 0. The number of nitrogens with zero attached hydrogens (tertiary/aromatic N) is 1. The zero-order chi connectivity index (χ0) is 12.3. The number of hydrogen-bond donors (Lipinski definition) is 1. The van der Waals surface area contributed by atoms with Crippen molar-refractivity contribution in [1.82, 2.24) is 10.2 Å². The van der Waals surface area contributed by atoms with Crippen LogP contribution in [0.15, 0.2) is 18.2 Å². The summed E-state index contributed by atoms with van der Waals surface area (Å²) in [6.45, 7) is 7.86. The van der Waals surface area contributed by atoms with Crippen molar-refractivity contribution in [3.05, 3.63) is 34.9 Å². The molecule has 0 amide bonds. The van der Waals surface area contributed by atoms with Crippen molar-refractivity contribution in [2.24, 2.45) is 0 Å². The second-order valence-corrected chi connectivity index (χ2v) is 5.27. The molecule has 102 valence electrons. The van der Waals surface area contributed by atoms with Crippen LogP contribution in [0.1, 0.15) is 29.5 Å². The molecular formula is C15H25ClN2. The Labute approximate surface area is 117 Å². The van der Waals surface area contributed by atoms with Gasteiger partial charge in [0.2, 0.25) is 0 Å². The summed E-state index contributed by atoms with van der Waals surface area (Å²) in [6.07, 6.45) is 2.56. The van der Waals surface area contributed by atoms with Crippen LogP contribution in [0.4, 0.5) is 0 Å². The maximum atomic E-state index is 3.43. The Morgan fingerprint density at radius 3 is 2.28 bits per heavy atom. The normalized spacial score (nSPS) is 16.7.